The van der Waals surface area contributed by atoms with Crippen molar-refractivity contribution in [2.75, 3.05) is 32.4 Å². The average molecular weight is 450 g/mol. The maximum absolute atomic E-state index is 14.1. The molecule has 2 aromatic rings. The molecule has 31 heavy (non-hydrogen) atoms. The highest BCUT2D eigenvalue weighted by molar-refractivity contribution is 7.19. The third-order valence-electron chi connectivity index (χ3n) is 5.04. The molecule has 0 unspecified atom stereocenters. The van der Waals surface area contributed by atoms with E-state index in [1.807, 2.05) is 0 Å². The van der Waals surface area contributed by atoms with Crippen molar-refractivity contribution in [1.29, 1.82) is 5.41 Å². The molecule has 1 amide bonds. The number of piperazine rings is 1. The third kappa shape index (κ3) is 4.67. The lowest BCUT2D eigenvalue weighted by Crippen LogP contribution is -2.53. The second kappa shape index (κ2) is 9.84. The van der Waals surface area contributed by atoms with Gasteiger partial charge in [0.05, 0.1) is 11.3 Å². The van der Waals surface area contributed by atoms with E-state index in [2.05, 4.69) is 32.8 Å². The van der Waals surface area contributed by atoms with Crippen molar-refractivity contribution >= 4 is 28.5 Å². The molecule has 0 spiro atoms. The number of nitrogens with one attached hydrogen (secondary N) is 4. The number of aromatic nitrogens is 1. The van der Waals surface area contributed by atoms with Crippen LogP contribution in [0.3, 0.4) is 0 Å². The van der Waals surface area contributed by atoms with Gasteiger partial charge in [-0.1, -0.05) is 24.3 Å². The first-order valence-electron chi connectivity index (χ1n) is 9.83. The van der Waals surface area contributed by atoms with E-state index in [4.69, 9.17) is 11.1 Å². The fraction of sp³-hybridized carbons (Fsp3) is 0.350. The van der Waals surface area contributed by atoms with Crippen molar-refractivity contribution in [1.82, 2.24) is 25.8 Å². The van der Waals surface area contributed by atoms with Gasteiger partial charge in [0.25, 0.3) is 5.91 Å². The van der Waals surface area contributed by atoms with Crippen LogP contribution >= 0.6 is 11.3 Å². The van der Waals surface area contributed by atoms with Crippen molar-refractivity contribution in [2.24, 2.45) is 0 Å². The molecule has 3 rings (SSSR count). The van der Waals surface area contributed by atoms with Gasteiger partial charge in [0.15, 0.2) is 5.69 Å². The Morgan fingerprint density at radius 1 is 1.45 bits per heavy atom. The second-order valence-electron chi connectivity index (χ2n) is 6.90. The highest BCUT2D eigenvalue weighted by Crippen LogP contribution is 2.33. The van der Waals surface area contributed by atoms with E-state index in [-0.39, 0.29) is 33.0 Å². The number of carbonyl (C=O) groups is 1. The van der Waals surface area contributed by atoms with E-state index in [9.17, 15) is 13.6 Å². The van der Waals surface area contributed by atoms with Crippen LogP contribution in [0.2, 0.25) is 0 Å². The van der Waals surface area contributed by atoms with Gasteiger partial charge in [-0.15, -0.1) is 0 Å². The van der Waals surface area contributed by atoms with Crippen LogP contribution in [0, 0.1) is 17.0 Å². The molecule has 0 bridgehead atoms. The van der Waals surface area contributed by atoms with Crippen molar-refractivity contribution in [3.8, 4) is 10.6 Å². The van der Waals surface area contributed by atoms with Gasteiger partial charge < -0.3 is 32.0 Å². The Morgan fingerprint density at radius 3 is 2.77 bits per heavy atom. The number of hydrogen-bond donors (Lipinski definition) is 5. The summed E-state index contributed by atoms with van der Waals surface area (Å²) in [6.07, 6.45) is 1.92. The van der Waals surface area contributed by atoms with Crippen LogP contribution < -0.4 is 21.7 Å². The Morgan fingerprint density at radius 2 is 2.16 bits per heavy atom. The SMILES string of the molecule is CC[C@@H]1CNCCN1/C(NC)=C(/C=N)NC(=O)c1nc(-c2c(F)cccc2F)sc1N. The molecule has 1 aromatic heterocycles. The van der Waals surface area contributed by atoms with Crippen molar-refractivity contribution in [3.63, 3.8) is 0 Å². The second-order valence-corrected chi connectivity index (χ2v) is 7.93. The molecule has 6 N–H and O–H groups in total. The number of nitrogens with two attached hydrogens (primary N) is 1. The van der Waals surface area contributed by atoms with Gasteiger partial charge in [-0.2, -0.15) is 0 Å². The molecular formula is C20H25F2N7OS. The fourth-order valence-corrected chi connectivity index (χ4v) is 4.38. The molecule has 11 heteroatoms. The Balaban J connectivity index is 1.91. The van der Waals surface area contributed by atoms with E-state index in [0.29, 0.717) is 12.4 Å². The molecule has 1 saturated heterocycles. The molecule has 0 aliphatic carbocycles. The minimum absolute atomic E-state index is 0.0269. The first-order chi connectivity index (χ1) is 14.9. The monoisotopic (exact) mass is 449 g/mol. The number of hydrogen-bond acceptors (Lipinski definition) is 8. The highest BCUT2D eigenvalue weighted by atomic mass is 32.1. The molecule has 1 aromatic carbocycles. The maximum Gasteiger partial charge on any atom is 0.277 e. The summed E-state index contributed by atoms with van der Waals surface area (Å²) in [4.78, 5) is 19.0. The summed E-state index contributed by atoms with van der Waals surface area (Å²) in [5.41, 5.74) is 5.71. The van der Waals surface area contributed by atoms with E-state index in [1.54, 1.807) is 7.05 Å². The van der Waals surface area contributed by atoms with E-state index in [1.165, 1.54) is 6.07 Å². The minimum Gasteiger partial charge on any atom is -0.389 e. The molecular weight excluding hydrogens is 424 g/mol. The van der Waals surface area contributed by atoms with Gasteiger partial charge in [0.2, 0.25) is 0 Å². The van der Waals surface area contributed by atoms with Gasteiger partial charge in [0.1, 0.15) is 27.5 Å². The van der Waals surface area contributed by atoms with Crippen LogP contribution in [-0.4, -0.2) is 54.7 Å². The summed E-state index contributed by atoms with van der Waals surface area (Å²) in [7, 11) is 1.72. The molecule has 1 aliphatic rings. The first-order valence-corrected chi connectivity index (χ1v) is 10.6. The van der Waals surface area contributed by atoms with Crippen LogP contribution in [0.1, 0.15) is 23.8 Å². The molecule has 2 heterocycles. The van der Waals surface area contributed by atoms with Crippen molar-refractivity contribution < 1.29 is 13.6 Å². The molecule has 1 fully saturated rings. The van der Waals surface area contributed by atoms with Gasteiger partial charge in [-0.3, -0.25) is 4.79 Å². The summed E-state index contributed by atoms with van der Waals surface area (Å²) in [6.45, 7) is 4.34. The number of allylic oxidation sites excluding steroid dienone is 1. The van der Waals surface area contributed by atoms with Gasteiger partial charge in [-0.05, 0) is 18.6 Å². The lowest BCUT2D eigenvalue weighted by Gasteiger charge is -2.39. The van der Waals surface area contributed by atoms with Crippen LogP contribution in [0.15, 0.2) is 29.7 Å². The molecule has 1 aliphatic heterocycles. The largest absolute Gasteiger partial charge is 0.389 e. The number of anilines is 1. The zero-order valence-electron chi connectivity index (χ0n) is 17.3. The van der Waals surface area contributed by atoms with Gasteiger partial charge in [0, 0.05) is 38.9 Å². The minimum atomic E-state index is -0.789. The lowest BCUT2D eigenvalue weighted by atomic mass is 10.1. The number of nitrogen functional groups attached to an aromatic ring is 1. The van der Waals surface area contributed by atoms with Gasteiger partial charge >= 0.3 is 0 Å². The summed E-state index contributed by atoms with van der Waals surface area (Å²) < 4.78 is 28.2. The maximum atomic E-state index is 14.1. The molecule has 8 nitrogen and oxygen atoms in total. The smallest absolute Gasteiger partial charge is 0.277 e. The Bertz CT molecular complexity index is 987. The number of thiazole rings is 1. The number of carbonyl (C=O) groups excluding carboxylic acids is 1. The Labute approximate surface area is 183 Å². The molecule has 0 saturated carbocycles. The predicted octanol–water partition coefficient (Wildman–Crippen LogP) is 2.12. The number of nitrogens with zero attached hydrogens (tertiary/aromatic N) is 2. The topological polar surface area (TPSA) is 119 Å². The molecule has 166 valence electrons. The standard InChI is InChI=1S/C20H25F2N7OS/c1-3-11-10-26-7-8-29(11)18(25-2)14(9-23)27-19(30)16-17(24)31-20(28-16)15-12(21)5-4-6-13(15)22/h4-6,9,11,23,25-26H,3,7-8,10,24H2,1-2H3,(H,27,30)/b18-14-,23-9?/t11-/m1/s1. The van der Waals surface area contributed by atoms with Crippen molar-refractivity contribution in [3.05, 3.63) is 47.0 Å². The molecule has 1 atom stereocenters. The zero-order valence-corrected chi connectivity index (χ0v) is 18.1. The van der Waals surface area contributed by atoms with Crippen LogP contribution in [0.25, 0.3) is 10.6 Å². The van der Waals surface area contributed by atoms with Crippen LogP contribution in [0.4, 0.5) is 13.8 Å². The summed E-state index contributed by atoms with van der Waals surface area (Å²) in [5.74, 6) is -1.64. The summed E-state index contributed by atoms with van der Waals surface area (Å²) in [6, 6.07) is 3.67. The fourth-order valence-electron chi connectivity index (χ4n) is 3.50. The Hall–Kier alpha value is -3.05. The number of rotatable bonds is 7. The Kier molecular flexibility index (Phi) is 7.18. The van der Waals surface area contributed by atoms with E-state index < -0.39 is 17.5 Å². The molecule has 0 radical (unpaired) electrons. The summed E-state index contributed by atoms with van der Waals surface area (Å²) in [5, 5.41) is 16.9. The first kappa shape index (κ1) is 22.6. The average Bonchev–Trinajstić information content (AvgIpc) is 3.14. The van der Waals surface area contributed by atoms with E-state index in [0.717, 1.165) is 49.2 Å². The summed E-state index contributed by atoms with van der Waals surface area (Å²) >= 11 is 0.823. The van der Waals surface area contributed by atoms with Crippen LogP contribution in [0.5, 0.6) is 0 Å². The van der Waals surface area contributed by atoms with Gasteiger partial charge in [-0.25, -0.2) is 13.8 Å². The zero-order chi connectivity index (χ0) is 22.5. The quantitative estimate of drug-likeness (QED) is 0.413. The number of halogens is 2. The normalized spacial score (nSPS) is 17.2. The third-order valence-corrected chi connectivity index (χ3v) is 5.94. The highest BCUT2D eigenvalue weighted by Gasteiger charge is 2.26. The number of amides is 1. The lowest BCUT2D eigenvalue weighted by molar-refractivity contribution is 0.0961. The van der Waals surface area contributed by atoms with E-state index >= 15 is 0 Å². The predicted molar refractivity (Wildman–Crippen MR) is 118 cm³/mol. The van der Waals surface area contributed by atoms with Crippen LogP contribution in [-0.2, 0) is 0 Å². The van der Waals surface area contributed by atoms with Crippen molar-refractivity contribution in [2.45, 2.75) is 19.4 Å². The number of benzene rings is 1.